The predicted molar refractivity (Wildman–Crippen MR) is 61.4 cm³/mol. The highest BCUT2D eigenvalue weighted by Gasteiger charge is 2.17. The van der Waals surface area contributed by atoms with Crippen molar-refractivity contribution in [2.75, 3.05) is 6.26 Å². The molecule has 84 valence electrons. The molecule has 0 aliphatic heterocycles. The van der Waals surface area contributed by atoms with E-state index in [9.17, 15) is 4.79 Å². The van der Waals surface area contributed by atoms with E-state index in [1.807, 2.05) is 13.8 Å². The van der Waals surface area contributed by atoms with Crippen LogP contribution in [0.3, 0.4) is 0 Å². The van der Waals surface area contributed by atoms with Crippen LogP contribution in [-0.4, -0.2) is 22.8 Å². The van der Waals surface area contributed by atoms with Crippen molar-refractivity contribution < 1.29 is 9.35 Å². The normalized spacial score (nSPS) is 16.4. The van der Waals surface area contributed by atoms with Gasteiger partial charge < -0.3 is 9.87 Å². The number of carbonyl (C=O) groups excluding carboxylic acids is 1. The van der Waals surface area contributed by atoms with E-state index in [4.69, 9.17) is 4.55 Å². The molecule has 0 heterocycles. The summed E-state index contributed by atoms with van der Waals surface area (Å²) in [6.45, 7) is 3.87. The van der Waals surface area contributed by atoms with Gasteiger partial charge in [0, 0.05) is 18.2 Å². The Hall–Kier alpha value is -0.220. The minimum absolute atomic E-state index is 0.135. The number of hydrogen-bond acceptors (Lipinski definition) is 3. The van der Waals surface area contributed by atoms with Crippen molar-refractivity contribution in [2.24, 2.45) is 5.92 Å². The molecule has 4 heteroatoms. The summed E-state index contributed by atoms with van der Waals surface area (Å²) in [5, 5.41) is 3.04. The maximum atomic E-state index is 11.2. The number of carbonyl (C=O) groups is 1. The summed E-state index contributed by atoms with van der Waals surface area (Å²) in [4.78, 5) is 11.2. The first-order valence-electron chi connectivity index (χ1n) is 5.09. The maximum Gasteiger partial charge on any atom is 0.222 e. The second-order valence-electron chi connectivity index (χ2n) is 3.83. The van der Waals surface area contributed by atoms with Gasteiger partial charge in [0.25, 0.3) is 0 Å². The van der Waals surface area contributed by atoms with E-state index in [-0.39, 0.29) is 11.8 Å². The summed E-state index contributed by atoms with van der Waals surface area (Å²) in [6.07, 6.45) is 6.52. The third-order valence-electron chi connectivity index (χ3n) is 2.23. The molecule has 0 aromatic rings. The largest absolute Gasteiger partial charge is 0.353 e. The smallest absolute Gasteiger partial charge is 0.222 e. The molecule has 0 saturated heterocycles. The zero-order valence-electron chi connectivity index (χ0n) is 9.25. The minimum atomic E-state index is 0.135. The lowest BCUT2D eigenvalue weighted by Gasteiger charge is -2.13. The molecule has 0 unspecified atom stereocenters. The Balaban J connectivity index is 0.000000500. The summed E-state index contributed by atoms with van der Waals surface area (Å²) in [5.74, 6) is 0.340. The first kappa shape index (κ1) is 13.8. The fraction of sp³-hybridized carbons (Fsp3) is 0.900. The van der Waals surface area contributed by atoms with Crippen LogP contribution in [-0.2, 0) is 4.79 Å². The molecular weight excluding hydrogens is 198 g/mol. The number of nitrogens with one attached hydrogen (secondary N) is 1. The Morgan fingerprint density at radius 2 is 1.86 bits per heavy atom. The lowest BCUT2D eigenvalue weighted by Crippen LogP contribution is -2.35. The standard InChI is InChI=1S/C9H17NO.CH4OS/c1-7(2)9(11)10-8-5-3-4-6-8;1-3-2/h7-8H,3-6H2,1-2H3,(H,10,11);2H,1H3. The summed E-state index contributed by atoms with van der Waals surface area (Å²) < 4.78 is 7.49. The first-order chi connectivity index (χ1) is 6.61. The molecule has 1 amide bonds. The molecule has 0 spiro atoms. The summed E-state index contributed by atoms with van der Waals surface area (Å²) >= 11 is 0.750. The van der Waals surface area contributed by atoms with Crippen LogP contribution in [0.4, 0.5) is 0 Å². The molecule has 0 aromatic carbocycles. The van der Waals surface area contributed by atoms with Crippen LogP contribution in [0.25, 0.3) is 0 Å². The fourth-order valence-corrected chi connectivity index (χ4v) is 1.44. The third-order valence-corrected chi connectivity index (χ3v) is 2.23. The lowest BCUT2D eigenvalue weighted by atomic mass is 10.2. The topological polar surface area (TPSA) is 49.3 Å². The Morgan fingerprint density at radius 1 is 1.43 bits per heavy atom. The molecule has 3 nitrogen and oxygen atoms in total. The highest BCUT2D eigenvalue weighted by Crippen LogP contribution is 2.17. The van der Waals surface area contributed by atoms with E-state index in [0.717, 1.165) is 12.0 Å². The van der Waals surface area contributed by atoms with Gasteiger partial charge in [0.05, 0.1) is 0 Å². The third kappa shape index (κ3) is 6.27. The van der Waals surface area contributed by atoms with E-state index >= 15 is 0 Å². The van der Waals surface area contributed by atoms with Gasteiger partial charge in [-0.3, -0.25) is 4.79 Å². The van der Waals surface area contributed by atoms with Gasteiger partial charge in [-0.2, -0.15) is 0 Å². The van der Waals surface area contributed by atoms with Gasteiger partial charge in [-0.15, -0.1) is 0 Å². The van der Waals surface area contributed by atoms with E-state index < -0.39 is 0 Å². The van der Waals surface area contributed by atoms with Crippen molar-refractivity contribution in [3.8, 4) is 0 Å². The van der Waals surface area contributed by atoms with Gasteiger partial charge in [-0.05, 0) is 24.9 Å². The maximum absolute atomic E-state index is 11.2. The van der Waals surface area contributed by atoms with Gasteiger partial charge in [-0.1, -0.05) is 26.7 Å². The molecule has 0 aromatic heterocycles. The van der Waals surface area contributed by atoms with Gasteiger partial charge in [0.1, 0.15) is 0 Å². The zero-order valence-corrected chi connectivity index (χ0v) is 10.1. The van der Waals surface area contributed by atoms with Crippen LogP contribution in [0, 0.1) is 5.92 Å². The summed E-state index contributed by atoms with van der Waals surface area (Å²) in [5.41, 5.74) is 0. The monoisotopic (exact) mass is 219 g/mol. The van der Waals surface area contributed by atoms with E-state index in [2.05, 4.69) is 5.32 Å². The zero-order chi connectivity index (χ0) is 11.0. The van der Waals surface area contributed by atoms with Gasteiger partial charge in [0.15, 0.2) is 0 Å². The van der Waals surface area contributed by atoms with Gasteiger partial charge in [-0.25, -0.2) is 0 Å². The van der Waals surface area contributed by atoms with Crippen LogP contribution in [0.1, 0.15) is 39.5 Å². The Bertz CT molecular complexity index is 156. The second kappa shape index (κ2) is 8.12. The first-order valence-corrected chi connectivity index (χ1v) is 6.28. The molecule has 1 aliphatic carbocycles. The molecule has 1 fully saturated rings. The van der Waals surface area contributed by atoms with Crippen molar-refractivity contribution in [3.05, 3.63) is 0 Å². The van der Waals surface area contributed by atoms with E-state index in [1.54, 1.807) is 6.26 Å². The van der Waals surface area contributed by atoms with Crippen LogP contribution in [0.2, 0.25) is 0 Å². The number of hydrogen-bond donors (Lipinski definition) is 2. The Morgan fingerprint density at radius 3 is 2.21 bits per heavy atom. The summed E-state index contributed by atoms with van der Waals surface area (Å²) in [6, 6.07) is 0.477. The van der Waals surface area contributed by atoms with E-state index in [0.29, 0.717) is 6.04 Å². The molecule has 2 N–H and O–H groups in total. The number of rotatable bonds is 2. The average molecular weight is 219 g/mol. The molecule has 0 atom stereocenters. The molecule has 0 bridgehead atoms. The highest BCUT2D eigenvalue weighted by atomic mass is 32.2. The number of amides is 1. The van der Waals surface area contributed by atoms with Gasteiger partial charge in [0.2, 0.25) is 5.91 Å². The SMILES string of the molecule is CC(C)C(=O)NC1CCCC1.CSO. The minimum Gasteiger partial charge on any atom is -0.353 e. The van der Waals surface area contributed by atoms with Crippen LogP contribution < -0.4 is 5.32 Å². The van der Waals surface area contributed by atoms with Crippen molar-refractivity contribution in [2.45, 2.75) is 45.6 Å². The Labute approximate surface area is 90.9 Å². The van der Waals surface area contributed by atoms with Crippen LogP contribution in [0.15, 0.2) is 0 Å². The van der Waals surface area contributed by atoms with Crippen LogP contribution >= 0.6 is 12.0 Å². The fourth-order valence-electron chi connectivity index (χ4n) is 1.44. The lowest BCUT2D eigenvalue weighted by molar-refractivity contribution is -0.124. The van der Waals surface area contributed by atoms with Gasteiger partial charge >= 0.3 is 0 Å². The molecule has 0 radical (unpaired) electrons. The molecule has 1 rings (SSSR count). The van der Waals surface area contributed by atoms with Crippen molar-refractivity contribution in [3.63, 3.8) is 0 Å². The second-order valence-corrected chi connectivity index (χ2v) is 4.19. The van der Waals surface area contributed by atoms with Crippen molar-refractivity contribution >= 4 is 17.9 Å². The predicted octanol–water partition coefficient (Wildman–Crippen LogP) is 2.52. The van der Waals surface area contributed by atoms with E-state index in [1.165, 1.54) is 25.7 Å². The van der Waals surface area contributed by atoms with Crippen molar-refractivity contribution in [1.29, 1.82) is 0 Å². The van der Waals surface area contributed by atoms with Crippen molar-refractivity contribution in [1.82, 2.24) is 5.32 Å². The molecular formula is C10H21NO2S. The molecule has 14 heavy (non-hydrogen) atoms. The Kier molecular flexibility index (Phi) is 7.99. The van der Waals surface area contributed by atoms with Crippen LogP contribution in [0.5, 0.6) is 0 Å². The highest BCUT2D eigenvalue weighted by molar-refractivity contribution is 7.93. The summed E-state index contributed by atoms with van der Waals surface area (Å²) in [7, 11) is 0. The quantitative estimate of drug-likeness (QED) is 0.702. The molecule has 1 aliphatic rings. The average Bonchev–Trinajstić information content (AvgIpc) is 2.58. The molecule has 1 saturated carbocycles.